The van der Waals surface area contributed by atoms with Crippen molar-refractivity contribution in [3.05, 3.63) is 58.6 Å². The Morgan fingerprint density at radius 3 is 2.44 bits per heavy atom. The standard InChI is InChI=1S/C19H21ClN2O3/c1-12-8-9-14(20)11-16(12)22-17(23)13-6-5-7-15(10-13)21-18(24)25-19(2,3)4/h5-11H,1-4H3,(H,21,24)(H,22,23). The largest absolute Gasteiger partial charge is 0.444 e. The van der Waals surface area contributed by atoms with E-state index in [0.29, 0.717) is 22.0 Å². The lowest BCUT2D eigenvalue weighted by atomic mass is 10.1. The van der Waals surface area contributed by atoms with Crippen molar-refractivity contribution in [1.29, 1.82) is 0 Å². The van der Waals surface area contributed by atoms with Crippen LogP contribution in [0.2, 0.25) is 5.02 Å². The summed E-state index contributed by atoms with van der Waals surface area (Å²) in [5.74, 6) is -0.293. The summed E-state index contributed by atoms with van der Waals surface area (Å²) in [5, 5.41) is 5.98. The summed E-state index contributed by atoms with van der Waals surface area (Å²) < 4.78 is 5.20. The summed E-state index contributed by atoms with van der Waals surface area (Å²) in [4.78, 5) is 24.3. The second-order valence-electron chi connectivity index (χ2n) is 6.62. The van der Waals surface area contributed by atoms with Gasteiger partial charge in [0.2, 0.25) is 0 Å². The van der Waals surface area contributed by atoms with E-state index in [9.17, 15) is 9.59 Å². The monoisotopic (exact) mass is 360 g/mol. The Bertz CT molecular complexity index is 797. The smallest absolute Gasteiger partial charge is 0.412 e. The van der Waals surface area contributed by atoms with Crippen LogP contribution in [-0.4, -0.2) is 17.6 Å². The highest BCUT2D eigenvalue weighted by Gasteiger charge is 2.16. The van der Waals surface area contributed by atoms with Gasteiger partial charge in [-0.3, -0.25) is 10.1 Å². The molecule has 0 radical (unpaired) electrons. The van der Waals surface area contributed by atoms with Crippen LogP contribution in [0.1, 0.15) is 36.7 Å². The van der Waals surface area contributed by atoms with E-state index in [-0.39, 0.29) is 5.91 Å². The molecule has 0 saturated heterocycles. The van der Waals surface area contributed by atoms with E-state index in [2.05, 4.69) is 10.6 Å². The van der Waals surface area contributed by atoms with Crippen LogP contribution >= 0.6 is 11.6 Å². The van der Waals surface area contributed by atoms with Gasteiger partial charge in [0.25, 0.3) is 5.91 Å². The number of carbonyl (C=O) groups excluding carboxylic acids is 2. The van der Waals surface area contributed by atoms with E-state index in [0.717, 1.165) is 5.56 Å². The van der Waals surface area contributed by atoms with Gasteiger partial charge < -0.3 is 10.1 Å². The van der Waals surface area contributed by atoms with Gasteiger partial charge in [-0.25, -0.2) is 4.79 Å². The second-order valence-corrected chi connectivity index (χ2v) is 7.06. The molecule has 2 N–H and O–H groups in total. The zero-order valence-electron chi connectivity index (χ0n) is 14.6. The van der Waals surface area contributed by atoms with Crippen molar-refractivity contribution in [1.82, 2.24) is 0 Å². The van der Waals surface area contributed by atoms with E-state index in [1.807, 2.05) is 13.0 Å². The van der Waals surface area contributed by atoms with Gasteiger partial charge in [-0.15, -0.1) is 0 Å². The fourth-order valence-electron chi connectivity index (χ4n) is 2.08. The van der Waals surface area contributed by atoms with Crippen LogP contribution < -0.4 is 10.6 Å². The minimum absolute atomic E-state index is 0.293. The molecule has 5 nitrogen and oxygen atoms in total. The average Bonchev–Trinajstić information content (AvgIpc) is 2.49. The maximum absolute atomic E-state index is 12.4. The molecule has 0 fully saturated rings. The molecule has 2 rings (SSSR count). The molecule has 2 aromatic rings. The molecule has 0 spiro atoms. The maximum Gasteiger partial charge on any atom is 0.412 e. The van der Waals surface area contributed by atoms with Gasteiger partial charge in [-0.2, -0.15) is 0 Å². The van der Waals surface area contributed by atoms with Gasteiger partial charge >= 0.3 is 6.09 Å². The second kappa shape index (κ2) is 7.57. The highest BCUT2D eigenvalue weighted by molar-refractivity contribution is 6.31. The van der Waals surface area contributed by atoms with Crippen molar-refractivity contribution in [3.63, 3.8) is 0 Å². The molecule has 0 aliphatic rings. The van der Waals surface area contributed by atoms with Gasteiger partial charge in [0, 0.05) is 22.0 Å². The molecule has 0 heterocycles. The molecular weight excluding hydrogens is 340 g/mol. The molecule has 6 heteroatoms. The van der Waals surface area contributed by atoms with Crippen molar-refractivity contribution in [2.24, 2.45) is 0 Å². The summed E-state index contributed by atoms with van der Waals surface area (Å²) in [6, 6.07) is 11.9. The third-order valence-electron chi connectivity index (χ3n) is 3.22. The molecule has 0 aromatic heterocycles. The molecular formula is C19H21ClN2O3. The minimum atomic E-state index is -0.594. The Kier molecular flexibility index (Phi) is 5.69. The number of anilines is 2. The number of hydrogen-bond donors (Lipinski definition) is 2. The summed E-state index contributed by atoms with van der Waals surface area (Å²) in [7, 11) is 0. The SMILES string of the molecule is Cc1ccc(Cl)cc1NC(=O)c1cccc(NC(=O)OC(C)(C)C)c1. The van der Waals surface area contributed by atoms with Crippen LogP contribution in [0.3, 0.4) is 0 Å². The molecule has 2 amide bonds. The average molecular weight is 361 g/mol. The van der Waals surface area contributed by atoms with Crippen molar-refractivity contribution in [3.8, 4) is 0 Å². The van der Waals surface area contributed by atoms with Crippen LogP contribution in [0.5, 0.6) is 0 Å². The van der Waals surface area contributed by atoms with Gasteiger partial charge in [0.05, 0.1) is 0 Å². The van der Waals surface area contributed by atoms with Gasteiger partial charge in [-0.05, 0) is 63.6 Å². The number of aryl methyl sites for hydroxylation is 1. The first-order valence-electron chi connectivity index (χ1n) is 7.81. The maximum atomic E-state index is 12.4. The molecule has 0 aliphatic heterocycles. The van der Waals surface area contributed by atoms with Gasteiger partial charge in [0.15, 0.2) is 0 Å². The third kappa shape index (κ3) is 5.80. The molecule has 25 heavy (non-hydrogen) atoms. The lowest BCUT2D eigenvalue weighted by Crippen LogP contribution is -2.27. The highest BCUT2D eigenvalue weighted by Crippen LogP contribution is 2.21. The topological polar surface area (TPSA) is 67.4 Å². The van der Waals surface area contributed by atoms with Crippen LogP contribution in [0.25, 0.3) is 0 Å². The number of hydrogen-bond acceptors (Lipinski definition) is 3. The van der Waals surface area contributed by atoms with Crippen LogP contribution in [-0.2, 0) is 4.74 Å². The van der Waals surface area contributed by atoms with E-state index in [1.54, 1.807) is 57.2 Å². The molecule has 0 aliphatic carbocycles. The zero-order chi connectivity index (χ0) is 18.6. The Balaban J connectivity index is 2.11. The minimum Gasteiger partial charge on any atom is -0.444 e. The molecule has 0 saturated carbocycles. The van der Waals surface area contributed by atoms with Crippen LogP contribution in [0.15, 0.2) is 42.5 Å². The predicted octanol–water partition coefficient (Wildman–Crippen LogP) is 5.25. The fraction of sp³-hybridized carbons (Fsp3) is 0.263. The third-order valence-corrected chi connectivity index (χ3v) is 3.45. The Hall–Kier alpha value is -2.53. The fourth-order valence-corrected chi connectivity index (χ4v) is 2.26. The highest BCUT2D eigenvalue weighted by atomic mass is 35.5. The summed E-state index contributed by atoms with van der Waals surface area (Å²) in [6.07, 6.45) is -0.573. The molecule has 2 aromatic carbocycles. The number of nitrogens with one attached hydrogen (secondary N) is 2. The van der Waals surface area contributed by atoms with Crippen molar-refractivity contribution >= 4 is 35.0 Å². The molecule has 0 atom stereocenters. The number of amides is 2. The van der Waals surface area contributed by atoms with E-state index < -0.39 is 11.7 Å². The molecule has 132 valence electrons. The first-order valence-corrected chi connectivity index (χ1v) is 8.19. The lowest BCUT2D eigenvalue weighted by Gasteiger charge is -2.19. The number of carbonyl (C=O) groups is 2. The van der Waals surface area contributed by atoms with Crippen molar-refractivity contribution in [2.75, 3.05) is 10.6 Å². The van der Waals surface area contributed by atoms with Gasteiger partial charge in [-0.1, -0.05) is 23.7 Å². The quantitative estimate of drug-likeness (QED) is 0.785. The number of halogens is 1. The first-order chi connectivity index (χ1) is 11.6. The summed E-state index contributed by atoms with van der Waals surface area (Å²) >= 11 is 5.97. The Morgan fingerprint density at radius 2 is 1.76 bits per heavy atom. The lowest BCUT2D eigenvalue weighted by molar-refractivity contribution is 0.0635. The Morgan fingerprint density at radius 1 is 1.04 bits per heavy atom. The van der Waals surface area contributed by atoms with Crippen LogP contribution in [0.4, 0.5) is 16.2 Å². The van der Waals surface area contributed by atoms with Crippen LogP contribution in [0, 0.1) is 6.92 Å². The number of benzene rings is 2. The zero-order valence-corrected chi connectivity index (χ0v) is 15.4. The first kappa shape index (κ1) is 18.8. The summed E-state index contributed by atoms with van der Waals surface area (Å²) in [5.41, 5.74) is 1.84. The molecule has 0 unspecified atom stereocenters. The van der Waals surface area contributed by atoms with E-state index in [4.69, 9.17) is 16.3 Å². The predicted molar refractivity (Wildman–Crippen MR) is 100 cm³/mol. The number of ether oxygens (including phenoxy) is 1. The summed E-state index contributed by atoms with van der Waals surface area (Å²) in [6.45, 7) is 7.23. The van der Waals surface area contributed by atoms with Crippen molar-refractivity contribution < 1.29 is 14.3 Å². The van der Waals surface area contributed by atoms with E-state index in [1.165, 1.54) is 0 Å². The van der Waals surface area contributed by atoms with Gasteiger partial charge in [0.1, 0.15) is 5.60 Å². The van der Waals surface area contributed by atoms with E-state index >= 15 is 0 Å². The molecule has 0 bridgehead atoms. The number of rotatable bonds is 3. The van der Waals surface area contributed by atoms with Crippen molar-refractivity contribution in [2.45, 2.75) is 33.3 Å². The Labute approximate surface area is 152 Å². The normalized spacial score (nSPS) is 10.9.